The first-order chi connectivity index (χ1) is 16.4. The standard InChI is InChI=1S/C27H25N3O4/c1-18-8-9-19(2)24(14-18)30-27(32)21(16-28)15-20-10-12-22(13-11-20)34-17-26(31)29-23-6-4-5-7-25(23)33-3/h4-15H,17H2,1-3H3,(H,29,31)(H,30,32)/b21-15-. The third-order valence-electron chi connectivity index (χ3n) is 4.95. The van der Waals surface area contributed by atoms with Crippen molar-refractivity contribution < 1.29 is 19.1 Å². The highest BCUT2D eigenvalue weighted by atomic mass is 16.5. The number of hydrogen-bond donors (Lipinski definition) is 2. The van der Waals surface area contributed by atoms with Crippen molar-refractivity contribution in [3.8, 4) is 17.6 Å². The van der Waals surface area contributed by atoms with Gasteiger partial charge in [-0.3, -0.25) is 9.59 Å². The number of nitrogens with zero attached hydrogens (tertiary/aromatic N) is 1. The molecule has 0 bridgehead atoms. The maximum absolute atomic E-state index is 12.6. The zero-order valence-electron chi connectivity index (χ0n) is 19.2. The van der Waals surface area contributed by atoms with Crippen LogP contribution in [0.3, 0.4) is 0 Å². The number of methoxy groups -OCH3 is 1. The summed E-state index contributed by atoms with van der Waals surface area (Å²) >= 11 is 0. The van der Waals surface area contributed by atoms with Crippen LogP contribution in [-0.4, -0.2) is 25.5 Å². The Kier molecular flexibility index (Phi) is 8.03. The van der Waals surface area contributed by atoms with Crippen molar-refractivity contribution in [1.82, 2.24) is 0 Å². The van der Waals surface area contributed by atoms with Crippen LogP contribution in [0, 0.1) is 25.2 Å². The minimum atomic E-state index is -0.482. The van der Waals surface area contributed by atoms with Gasteiger partial charge in [0.15, 0.2) is 6.61 Å². The van der Waals surface area contributed by atoms with Crippen LogP contribution < -0.4 is 20.1 Å². The fourth-order valence-electron chi connectivity index (χ4n) is 3.12. The first-order valence-corrected chi connectivity index (χ1v) is 10.6. The summed E-state index contributed by atoms with van der Waals surface area (Å²) in [6.07, 6.45) is 1.50. The highest BCUT2D eigenvalue weighted by molar-refractivity contribution is 6.10. The number of carbonyl (C=O) groups excluding carboxylic acids is 2. The Hall–Kier alpha value is -4.57. The summed E-state index contributed by atoms with van der Waals surface area (Å²) in [7, 11) is 1.53. The molecule has 172 valence electrons. The fourth-order valence-corrected chi connectivity index (χ4v) is 3.12. The van der Waals surface area contributed by atoms with Crippen LogP contribution in [0.2, 0.25) is 0 Å². The molecule has 0 atom stereocenters. The molecule has 0 radical (unpaired) electrons. The van der Waals surface area contributed by atoms with E-state index in [1.54, 1.807) is 42.5 Å². The molecule has 0 aromatic heterocycles. The number of nitrogens with one attached hydrogen (secondary N) is 2. The summed E-state index contributed by atoms with van der Waals surface area (Å²) in [6.45, 7) is 3.64. The van der Waals surface area contributed by atoms with Crippen LogP contribution in [0.1, 0.15) is 16.7 Å². The molecule has 0 aliphatic rings. The summed E-state index contributed by atoms with van der Waals surface area (Å²) < 4.78 is 10.7. The average molecular weight is 456 g/mol. The molecule has 7 nitrogen and oxygen atoms in total. The monoisotopic (exact) mass is 455 g/mol. The van der Waals surface area contributed by atoms with Crippen molar-refractivity contribution in [3.63, 3.8) is 0 Å². The Morgan fingerprint density at radius 3 is 2.41 bits per heavy atom. The lowest BCUT2D eigenvalue weighted by molar-refractivity contribution is -0.118. The van der Waals surface area contributed by atoms with E-state index in [0.717, 1.165) is 11.1 Å². The summed E-state index contributed by atoms with van der Waals surface area (Å²) in [5.74, 6) is 0.223. The van der Waals surface area contributed by atoms with E-state index in [9.17, 15) is 14.9 Å². The molecule has 3 aromatic carbocycles. The maximum atomic E-state index is 12.6. The zero-order valence-corrected chi connectivity index (χ0v) is 19.2. The summed E-state index contributed by atoms with van der Waals surface area (Å²) in [4.78, 5) is 24.8. The molecule has 0 heterocycles. The predicted octanol–water partition coefficient (Wildman–Crippen LogP) is 4.88. The largest absolute Gasteiger partial charge is 0.495 e. The van der Waals surface area contributed by atoms with Gasteiger partial charge in [-0.2, -0.15) is 5.26 Å². The van der Waals surface area contributed by atoms with E-state index in [1.807, 2.05) is 44.2 Å². The third kappa shape index (κ3) is 6.47. The number of nitriles is 1. The molecule has 2 amide bonds. The van der Waals surface area contributed by atoms with Crippen molar-refractivity contribution in [2.75, 3.05) is 24.4 Å². The Labute approximate surface area is 198 Å². The van der Waals surface area contributed by atoms with Crippen molar-refractivity contribution in [3.05, 3.63) is 89.0 Å². The second-order valence-corrected chi connectivity index (χ2v) is 7.55. The molecule has 3 aromatic rings. The molecule has 0 unspecified atom stereocenters. The Morgan fingerprint density at radius 2 is 1.71 bits per heavy atom. The van der Waals surface area contributed by atoms with E-state index < -0.39 is 5.91 Å². The van der Waals surface area contributed by atoms with Crippen LogP contribution in [0.4, 0.5) is 11.4 Å². The lowest BCUT2D eigenvalue weighted by Crippen LogP contribution is -2.20. The lowest BCUT2D eigenvalue weighted by Gasteiger charge is -2.11. The van der Waals surface area contributed by atoms with Gasteiger partial charge in [-0.1, -0.05) is 36.4 Å². The molecule has 0 fully saturated rings. The molecule has 0 aliphatic heterocycles. The number of aryl methyl sites for hydroxylation is 2. The molecule has 3 rings (SSSR count). The summed E-state index contributed by atoms with van der Waals surface area (Å²) in [6, 6.07) is 21.5. The number of ether oxygens (including phenoxy) is 2. The van der Waals surface area contributed by atoms with Crippen molar-refractivity contribution >= 4 is 29.3 Å². The molecule has 0 spiro atoms. The van der Waals surface area contributed by atoms with E-state index in [0.29, 0.717) is 28.4 Å². The van der Waals surface area contributed by atoms with Gasteiger partial charge < -0.3 is 20.1 Å². The number of anilines is 2. The molecular weight excluding hydrogens is 430 g/mol. The van der Waals surface area contributed by atoms with Gasteiger partial charge in [0.05, 0.1) is 12.8 Å². The number of rotatable bonds is 8. The third-order valence-corrected chi connectivity index (χ3v) is 4.95. The number of benzene rings is 3. The van der Waals surface area contributed by atoms with Gasteiger partial charge in [-0.05, 0) is 66.9 Å². The van der Waals surface area contributed by atoms with Crippen LogP contribution in [0.25, 0.3) is 6.08 Å². The van der Waals surface area contributed by atoms with E-state index in [-0.39, 0.29) is 18.1 Å². The van der Waals surface area contributed by atoms with Gasteiger partial charge in [0, 0.05) is 5.69 Å². The Morgan fingerprint density at radius 1 is 0.971 bits per heavy atom. The molecule has 0 saturated carbocycles. The first-order valence-electron chi connectivity index (χ1n) is 10.6. The van der Waals surface area contributed by atoms with Crippen molar-refractivity contribution in [2.24, 2.45) is 0 Å². The van der Waals surface area contributed by atoms with Gasteiger partial charge in [-0.25, -0.2) is 0 Å². The number of amides is 2. The maximum Gasteiger partial charge on any atom is 0.266 e. The molecule has 34 heavy (non-hydrogen) atoms. The summed E-state index contributed by atoms with van der Waals surface area (Å²) in [5.41, 5.74) is 3.77. The van der Waals surface area contributed by atoms with Crippen molar-refractivity contribution in [2.45, 2.75) is 13.8 Å². The fraction of sp³-hybridized carbons (Fsp3) is 0.148. The smallest absolute Gasteiger partial charge is 0.266 e. The minimum Gasteiger partial charge on any atom is -0.495 e. The van der Waals surface area contributed by atoms with Gasteiger partial charge in [0.1, 0.15) is 23.1 Å². The minimum absolute atomic E-state index is 0.0224. The topological polar surface area (TPSA) is 100 Å². The molecule has 0 aliphatic carbocycles. The van der Waals surface area contributed by atoms with E-state index in [4.69, 9.17) is 9.47 Å². The van der Waals surface area contributed by atoms with Crippen LogP contribution in [-0.2, 0) is 9.59 Å². The van der Waals surface area contributed by atoms with Crippen LogP contribution >= 0.6 is 0 Å². The highest BCUT2D eigenvalue weighted by Gasteiger charge is 2.12. The molecule has 7 heteroatoms. The SMILES string of the molecule is COc1ccccc1NC(=O)COc1ccc(/C=C(/C#N)C(=O)Nc2cc(C)ccc2C)cc1. The van der Waals surface area contributed by atoms with Gasteiger partial charge in [0.2, 0.25) is 0 Å². The highest BCUT2D eigenvalue weighted by Crippen LogP contribution is 2.23. The average Bonchev–Trinajstić information content (AvgIpc) is 2.84. The zero-order chi connectivity index (χ0) is 24.5. The van der Waals surface area contributed by atoms with E-state index >= 15 is 0 Å². The van der Waals surface area contributed by atoms with E-state index in [2.05, 4.69) is 10.6 Å². The van der Waals surface area contributed by atoms with Gasteiger partial charge in [0.25, 0.3) is 11.8 Å². The Bertz CT molecular complexity index is 1260. The van der Waals surface area contributed by atoms with Crippen LogP contribution in [0.15, 0.2) is 72.3 Å². The molecule has 2 N–H and O–H groups in total. The van der Waals surface area contributed by atoms with E-state index in [1.165, 1.54) is 13.2 Å². The molecule has 0 saturated heterocycles. The van der Waals surface area contributed by atoms with Crippen molar-refractivity contribution in [1.29, 1.82) is 5.26 Å². The first kappa shape index (κ1) is 24.1. The lowest BCUT2D eigenvalue weighted by atomic mass is 10.1. The quantitative estimate of drug-likeness (QED) is 0.373. The van der Waals surface area contributed by atoms with Crippen LogP contribution in [0.5, 0.6) is 11.5 Å². The Balaban J connectivity index is 1.60. The second-order valence-electron chi connectivity index (χ2n) is 7.55. The van der Waals surface area contributed by atoms with Gasteiger partial charge in [-0.15, -0.1) is 0 Å². The van der Waals surface area contributed by atoms with Gasteiger partial charge >= 0.3 is 0 Å². The number of para-hydroxylation sites is 2. The molecular formula is C27H25N3O4. The normalized spacial score (nSPS) is 10.7. The summed E-state index contributed by atoms with van der Waals surface area (Å²) in [5, 5.41) is 15.0. The number of carbonyl (C=O) groups is 2. The second kappa shape index (κ2) is 11.3. The number of hydrogen-bond acceptors (Lipinski definition) is 5. The predicted molar refractivity (Wildman–Crippen MR) is 132 cm³/mol.